The van der Waals surface area contributed by atoms with Crippen molar-refractivity contribution in [1.29, 1.82) is 0 Å². The first-order valence-electron chi connectivity index (χ1n) is 8.26. The van der Waals surface area contributed by atoms with E-state index in [0.717, 1.165) is 29.7 Å². The summed E-state index contributed by atoms with van der Waals surface area (Å²) in [6.45, 7) is 3.47. The van der Waals surface area contributed by atoms with E-state index in [4.69, 9.17) is 4.74 Å². The molecule has 6 heteroatoms. The molecular weight excluding hydrogens is 324 g/mol. The van der Waals surface area contributed by atoms with Crippen LogP contribution in [0, 0.1) is 0 Å². The second-order valence-electron chi connectivity index (χ2n) is 5.82. The van der Waals surface area contributed by atoms with Gasteiger partial charge in [-0.15, -0.1) is 0 Å². The molecule has 0 spiro atoms. The molecule has 0 unspecified atom stereocenters. The van der Waals surface area contributed by atoms with E-state index in [-0.39, 0.29) is 0 Å². The average molecular weight is 346 g/mol. The zero-order chi connectivity index (χ0) is 17.0. The van der Waals surface area contributed by atoms with Crippen LogP contribution >= 0.6 is 0 Å². The normalized spacial score (nSPS) is 14.2. The number of aromatic nitrogens is 1. The molecule has 1 aliphatic heterocycles. The minimum Gasteiger partial charge on any atom is -0.493 e. The van der Waals surface area contributed by atoms with Gasteiger partial charge in [0, 0.05) is 25.5 Å². The Morgan fingerprint density at radius 1 is 1.21 bits per heavy atom. The number of nitrogens with zero attached hydrogens (tertiary/aromatic N) is 2. The lowest BCUT2D eigenvalue weighted by molar-refractivity contribution is 0.288. The molecule has 0 radical (unpaired) electrons. The Hall–Kier alpha value is -1.92. The van der Waals surface area contributed by atoms with Gasteiger partial charge in [0.15, 0.2) is 0 Å². The third-order valence-electron chi connectivity index (χ3n) is 4.27. The van der Waals surface area contributed by atoms with E-state index in [9.17, 15) is 8.42 Å². The lowest BCUT2D eigenvalue weighted by Gasteiger charge is -2.22. The number of rotatable bonds is 6. The number of ether oxygens (including phenoxy) is 1. The summed E-state index contributed by atoms with van der Waals surface area (Å²) in [5, 5.41) is 0. The molecule has 0 N–H and O–H groups in total. The maximum absolute atomic E-state index is 12.9. The monoisotopic (exact) mass is 346 g/mol. The number of pyridine rings is 1. The van der Waals surface area contributed by atoms with Gasteiger partial charge in [0.2, 0.25) is 10.0 Å². The molecule has 0 atom stereocenters. The summed E-state index contributed by atoms with van der Waals surface area (Å²) in [6, 6.07) is 9.01. The molecule has 2 heterocycles. The van der Waals surface area contributed by atoms with Gasteiger partial charge in [-0.3, -0.25) is 4.98 Å². The van der Waals surface area contributed by atoms with E-state index >= 15 is 0 Å². The Labute approximate surface area is 143 Å². The number of hydrogen-bond acceptors (Lipinski definition) is 4. The molecule has 1 aromatic carbocycles. The van der Waals surface area contributed by atoms with Gasteiger partial charge < -0.3 is 4.74 Å². The van der Waals surface area contributed by atoms with Crippen molar-refractivity contribution in [3.8, 4) is 5.75 Å². The molecule has 1 aromatic heterocycles. The van der Waals surface area contributed by atoms with Gasteiger partial charge in [-0.05, 0) is 60.7 Å². The van der Waals surface area contributed by atoms with Gasteiger partial charge in [-0.2, -0.15) is 4.31 Å². The Bertz CT molecular complexity index is 791. The SMILES string of the molecule is CCN(CCc1ccncc1)S(=O)(=O)c1ccc2c(c1)CCCO2. The van der Waals surface area contributed by atoms with Crippen molar-refractivity contribution >= 4 is 10.0 Å². The predicted octanol–water partition coefficient (Wildman–Crippen LogP) is 2.66. The van der Waals surface area contributed by atoms with Crippen molar-refractivity contribution in [3.63, 3.8) is 0 Å². The van der Waals surface area contributed by atoms with Crippen LogP contribution in [0.2, 0.25) is 0 Å². The summed E-state index contributed by atoms with van der Waals surface area (Å²) >= 11 is 0. The Morgan fingerprint density at radius 3 is 2.75 bits per heavy atom. The highest BCUT2D eigenvalue weighted by atomic mass is 32.2. The van der Waals surface area contributed by atoms with Crippen LogP contribution in [0.3, 0.4) is 0 Å². The van der Waals surface area contributed by atoms with Crippen LogP contribution in [0.1, 0.15) is 24.5 Å². The number of fused-ring (bicyclic) bond motifs is 1. The first-order valence-corrected chi connectivity index (χ1v) is 9.70. The molecule has 128 valence electrons. The van der Waals surface area contributed by atoms with Crippen LogP contribution in [0.4, 0.5) is 0 Å². The maximum atomic E-state index is 12.9. The molecule has 5 nitrogen and oxygen atoms in total. The average Bonchev–Trinajstić information content (AvgIpc) is 2.62. The first kappa shape index (κ1) is 16.9. The summed E-state index contributed by atoms with van der Waals surface area (Å²) < 4.78 is 33.0. The van der Waals surface area contributed by atoms with Crippen molar-refractivity contribution in [1.82, 2.24) is 9.29 Å². The summed E-state index contributed by atoms with van der Waals surface area (Å²) in [5.41, 5.74) is 2.06. The molecule has 1 aliphatic rings. The highest BCUT2D eigenvalue weighted by molar-refractivity contribution is 7.89. The fraction of sp³-hybridized carbons (Fsp3) is 0.389. The smallest absolute Gasteiger partial charge is 0.243 e. The predicted molar refractivity (Wildman–Crippen MR) is 92.6 cm³/mol. The minimum atomic E-state index is -3.49. The molecule has 0 saturated heterocycles. The Balaban J connectivity index is 1.79. The molecule has 0 saturated carbocycles. The Morgan fingerprint density at radius 2 is 2.00 bits per heavy atom. The molecule has 2 aromatic rings. The van der Waals surface area contributed by atoms with Crippen LogP contribution in [-0.2, 0) is 22.9 Å². The van der Waals surface area contributed by atoms with Crippen molar-refractivity contribution in [2.24, 2.45) is 0 Å². The summed E-state index contributed by atoms with van der Waals surface area (Å²) in [7, 11) is -3.49. The number of sulfonamides is 1. The number of likely N-dealkylation sites (N-methyl/N-ethyl adjacent to an activating group) is 1. The topological polar surface area (TPSA) is 59.5 Å². The number of hydrogen-bond donors (Lipinski definition) is 0. The van der Waals surface area contributed by atoms with E-state index in [1.165, 1.54) is 4.31 Å². The second kappa shape index (κ2) is 7.32. The van der Waals surface area contributed by atoms with Crippen molar-refractivity contribution in [2.45, 2.75) is 31.1 Å². The minimum absolute atomic E-state index is 0.350. The standard InChI is InChI=1S/C18H22N2O3S/c1-2-20(12-9-15-7-10-19-11-8-15)24(21,22)17-5-6-18-16(14-17)4-3-13-23-18/h5-8,10-11,14H,2-4,9,12-13H2,1H3. The van der Waals surface area contributed by atoms with Gasteiger partial charge >= 0.3 is 0 Å². The third kappa shape index (κ3) is 3.60. The van der Waals surface area contributed by atoms with Crippen molar-refractivity contribution < 1.29 is 13.2 Å². The van der Waals surface area contributed by atoms with Crippen LogP contribution in [0.25, 0.3) is 0 Å². The first-order chi connectivity index (χ1) is 11.6. The second-order valence-corrected chi connectivity index (χ2v) is 7.76. The molecule has 0 amide bonds. The van der Waals surface area contributed by atoms with Gasteiger partial charge in [-0.25, -0.2) is 8.42 Å². The van der Waals surface area contributed by atoms with Crippen LogP contribution < -0.4 is 4.74 Å². The van der Waals surface area contributed by atoms with E-state index in [1.54, 1.807) is 30.6 Å². The van der Waals surface area contributed by atoms with E-state index in [0.29, 0.717) is 31.0 Å². The zero-order valence-corrected chi connectivity index (χ0v) is 14.6. The maximum Gasteiger partial charge on any atom is 0.243 e. The largest absolute Gasteiger partial charge is 0.493 e. The lowest BCUT2D eigenvalue weighted by atomic mass is 10.1. The van der Waals surface area contributed by atoms with Crippen molar-refractivity contribution in [3.05, 3.63) is 53.9 Å². The molecular formula is C18H22N2O3S. The fourth-order valence-electron chi connectivity index (χ4n) is 2.90. The Kier molecular flexibility index (Phi) is 5.16. The van der Waals surface area contributed by atoms with Crippen LogP contribution in [0.15, 0.2) is 47.6 Å². The summed E-state index contributed by atoms with van der Waals surface area (Å²) in [6.07, 6.45) is 5.91. The van der Waals surface area contributed by atoms with Gasteiger partial charge in [-0.1, -0.05) is 6.92 Å². The van der Waals surface area contributed by atoms with E-state index in [1.807, 2.05) is 19.1 Å². The van der Waals surface area contributed by atoms with Crippen LogP contribution in [-0.4, -0.2) is 37.4 Å². The lowest BCUT2D eigenvalue weighted by Crippen LogP contribution is -2.33. The van der Waals surface area contributed by atoms with Crippen LogP contribution in [0.5, 0.6) is 5.75 Å². The molecule has 0 aliphatic carbocycles. The summed E-state index contributed by atoms with van der Waals surface area (Å²) in [5.74, 6) is 0.806. The molecule has 0 bridgehead atoms. The van der Waals surface area contributed by atoms with E-state index in [2.05, 4.69) is 4.98 Å². The highest BCUT2D eigenvalue weighted by Crippen LogP contribution is 2.28. The van der Waals surface area contributed by atoms with Gasteiger partial charge in [0.1, 0.15) is 5.75 Å². The quantitative estimate of drug-likeness (QED) is 0.807. The third-order valence-corrected chi connectivity index (χ3v) is 6.24. The summed E-state index contributed by atoms with van der Waals surface area (Å²) in [4.78, 5) is 4.34. The zero-order valence-electron chi connectivity index (χ0n) is 13.8. The van der Waals surface area contributed by atoms with E-state index < -0.39 is 10.0 Å². The molecule has 0 fully saturated rings. The fourth-order valence-corrected chi connectivity index (χ4v) is 4.40. The number of aryl methyl sites for hydroxylation is 1. The van der Waals surface area contributed by atoms with Crippen molar-refractivity contribution in [2.75, 3.05) is 19.7 Å². The highest BCUT2D eigenvalue weighted by Gasteiger charge is 2.24. The van der Waals surface area contributed by atoms with Gasteiger partial charge in [0.25, 0.3) is 0 Å². The van der Waals surface area contributed by atoms with Gasteiger partial charge in [0.05, 0.1) is 11.5 Å². The molecule has 24 heavy (non-hydrogen) atoms. The number of benzene rings is 1. The molecule has 3 rings (SSSR count).